The van der Waals surface area contributed by atoms with Crippen molar-refractivity contribution in [2.24, 2.45) is 33.7 Å². The summed E-state index contributed by atoms with van der Waals surface area (Å²) in [5.74, 6) is -0.987. The molecule has 0 fully saturated rings. The highest BCUT2D eigenvalue weighted by atomic mass is 16.4. The van der Waals surface area contributed by atoms with Crippen LogP contribution in [0.3, 0.4) is 0 Å². The molecule has 0 rings (SSSR count). The first-order valence-electron chi connectivity index (χ1n) is 9.31. The lowest BCUT2D eigenvalue weighted by Crippen LogP contribution is -2.30. The van der Waals surface area contributed by atoms with Crippen LogP contribution >= 0.6 is 0 Å². The highest BCUT2D eigenvalue weighted by molar-refractivity contribution is 5.75. The van der Waals surface area contributed by atoms with Crippen LogP contribution < -0.4 is 39.3 Å². The highest BCUT2D eigenvalue weighted by Gasteiger charge is 2.09. The Morgan fingerprint density at radius 3 is 1.73 bits per heavy atom. The number of nitrogens with two attached hydrogens (primary N) is 5. The standard InChI is InChI=1S/C10H26N4.C6H14N4O2/c11-5-3-9-13-7-1-2-8-14-10-4-6-12;7-4(5(11)12)2-1-3-10-6(8)9/h13-14H,1-12H2;4H,1-3,7H2,(H,11,12)(H4,8,9,10)/t;4-/m.0/s1. The second-order valence-electron chi connectivity index (χ2n) is 5.89. The van der Waals surface area contributed by atoms with Crippen LogP contribution in [0.5, 0.6) is 0 Å². The van der Waals surface area contributed by atoms with Crippen molar-refractivity contribution in [2.45, 2.75) is 44.6 Å². The third-order valence-corrected chi connectivity index (χ3v) is 3.36. The Labute approximate surface area is 157 Å². The molecule has 0 heterocycles. The molecule has 10 nitrogen and oxygen atoms in total. The van der Waals surface area contributed by atoms with Crippen molar-refractivity contribution in [3.63, 3.8) is 0 Å². The van der Waals surface area contributed by atoms with E-state index in [-0.39, 0.29) is 5.96 Å². The van der Waals surface area contributed by atoms with Gasteiger partial charge >= 0.3 is 5.97 Å². The van der Waals surface area contributed by atoms with Gasteiger partial charge in [-0.1, -0.05) is 0 Å². The smallest absolute Gasteiger partial charge is 0.320 e. The number of rotatable bonds is 16. The Bertz CT molecular complexity index is 326. The normalized spacial score (nSPS) is 11.3. The second kappa shape index (κ2) is 21.6. The molecular weight excluding hydrogens is 336 g/mol. The van der Waals surface area contributed by atoms with E-state index in [1.807, 2.05) is 0 Å². The average molecular weight is 377 g/mol. The van der Waals surface area contributed by atoms with Gasteiger partial charge in [0.1, 0.15) is 6.04 Å². The zero-order valence-corrected chi connectivity index (χ0v) is 16.0. The molecule has 0 saturated heterocycles. The molecule has 0 aromatic carbocycles. The number of unbranched alkanes of at least 4 members (excludes halogenated alkanes) is 1. The molecule has 156 valence electrons. The SMILES string of the molecule is NC(N)=NCCC[C@H](N)C(=O)O.NCCCNCCCCNCCCN. The van der Waals surface area contributed by atoms with Crippen LogP contribution in [-0.2, 0) is 4.79 Å². The Balaban J connectivity index is 0. The molecule has 0 spiro atoms. The quantitative estimate of drug-likeness (QED) is 0.0858. The van der Waals surface area contributed by atoms with Crippen LogP contribution in [0.15, 0.2) is 4.99 Å². The van der Waals surface area contributed by atoms with Crippen molar-refractivity contribution in [2.75, 3.05) is 45.8 Å². The van der Waals surface area contributed by atoms with Gasteiger partial charge in [0.15, 0.2) is 5.96 Å². The zero-order valence-electron chi connectivity index (χ0n) is 16.0. The van der Waals surface area contributed by atoms with Gasteiger partial charge in [-0.3, -0.25) is 9.79 Å². The topological polar surface area (TPSA) is 204 Å². The molecule has 0 aliphatic rings. The Morgan fingerprint density at radius 1 is 0.885 bits per heavy atom. The summed E-state index contributed by atoms with van der Waals surface area (Å²) in [6.45, 7) is 6.32. The summed E-state index contributed by atoms with van der Waals surface area (Å²) in [4.78, 5) is 13.9. The predicted molar refractivity (Wildman–Crippen MR) is 108 cm³/mol. The fraction of sp³-hybridized carbons (Fsp3) is 0.875. The van der Waals surface area contributed by atoms with Gasteiger partial charge in [-0.2, -0.15) is 0 Å². The van der Waals surface area contributed by atoms with E-state index in [0.29, 0.717) is 19.4 Å². The molecule has 10 heteroatoms. The third-order valence-electron chi connectivity index (χ3n) is 3.36. The summed E-state index contributed by atoms with van der Waals surface area (Å²) in [7, 11) is 0. The molecule has 0 aliphatic heterocycles. The van der Waals surface area contributed by atoms with E-state index in [1.54, 1.807) is 0 Å². The van der Waals surface area contributed by atoms with Gasteiger partial charge in [-0.25, -0.2) is 0 Å². The molecule has 0 aromatic heterocycles. The monoisotopic (exact) mass is 376 g/mol. The maximum absolute atomic E-state index is 10.2. The Hall–Kier alpha value is -1.46. The number of guanidine groups is 1. The van der Waals surface area contributed by atoms with E-state index >= 15 is 0 Å². The Kier molecular flexibility index (Phi) is 22.2. The highest BCUT2D eigenvalue weighted by Crippen LogP contribution is 1.94. The van der Waals surface area contributed by atoms with Crippen molar-refractivity contribution in [1.29, 1.82) is 0 Å². The number of hydrogen-bond donors (Lipinski definition) is 8. The first kappa shape index (κ1) is 26.8. The molecule has 0 radical (unpaired) electrons. The van der Waals surface area contributed by atoms with E-state index in [2.05, 4.69) is 15.6 Å². The number of aliphatic imine (C=N–C) groups is 1. The fourth-order valence-electron chi connectivity index (χ4n) is 1.85. The minimum absolute atomic E-state index is 0.0129. The van der Waals surface area contributed by atoms with Gasteiger partial charge in [0.2, 0.25) is 0 Å². The maximum Gasteiger partial charge on any atom is 0.320 e. The van der Waals surface area contributed by atoms with Crippen LogP contribution in [0.25, 0.3) is 0 Å². The van der Waals surface area contributed by atoms with Crippen molar-refractivity contribution in [3.05, 3.63) is 0 Å². The van der Waals surface area contributed by atoms with Gasteiger partial charge in [0.05, 0.1) is 0 Å². The van der Waals surface area contributed by atoms with Crippen molar-refractivity contribution < 1.29 is 9.90 Å². The molecule has 13 N–H and O–H groups in total. The largest absolute Gasteiger partial charge is 0.480 e. The number of carbonyl (C=O) groups is 1. The third kappa shape index (κ3) is 24.8. The lowest BCUT2D eigenvalue weighted by molar-refractivity contribution is -0.138. The molecule has 0 saturated carbocycles. The number of carboxylic acids is 1. The van der Waals surface area contributed by atoms with Gasteiger partial charge in [0, 0.05) is 6.54 Å². The number of nitrogens with one attached hydrogen (secondary N) is 2. The van der Waals surface area contributed by atoms with E-state index in [4.69, 9.17) is 33.8 Å². The van der Waals surface area contributed by atoms with Crippen LogP contribution in [0.2, 0.25) is 0 Å². The van der Waals surface area contributed by atoms with Crippen molar-refractivity contribution in [1.82, 2.24) is 10.6 Å². The first-order chi connectivity index (χ1) is 12.5. The second-order valence-corrected chi connectivity index (χ2v) is 5.89. The van der Waals surface area contributed by atoms with Gasteiger partial charge in [-0.05, 0) is 77.8 Å². The maximum atomic E-state index is 10.2. The molecule has 26 heavy (non-hydrogen) atoms. The van der Waals surface area contributed by atoms with Gasteiger partial charge < -0.3 is 44.4 Å². The summed E-state index contributed by atoms with van der Waals surface area (Å²) in [6, 6.07) is -0.820. The zero-order chi connectivity index (χ0) is 20.0. The van der Waals surface area contributed by atoms with Gasteiger partial charge in [-0.15, -0.1) is 0 Å². The molecule has 0 aromatic rings. The van der Waals surface area contributed by atoms with Crippen molar-refractivity contribution >= 4 is 11.9 Å². The lowest BCUT2D eigenvalue weighted by Gasteiger charge is -2.04. The summed E-state index contributed by atoms with van der Waals surface area (Å²) in [5.41, 5.74) is 26.1. The van der Waals surface area contributed by atoms with Gasteiger partial charge in [0.25, 0.3) is 0 Å². The molecule has 0 bridgehead atoms. The predicted octanol–water partition coefficient (Wildman–Crippen LogP) is -1.90. The van der Waals surface area contributed by atoms with Crippen LogP contribution in [0.1, 0.15) is 38.5 Å². The average Bonchev–Trinajstić information content (AvgIpc) is 2.60. The lowest BCUT2D eigenvalue weighted by atomic mass is 10.2. The molecule has 0 amide bonds. The number of carboxylic acid groups (broad SMARTS) is 1. The number of nitrogens with zero attached hydrogens (tertiary/aromatic N) is 1. The number of hydrogen-bond acceptors (Lipinski definition) is 7. The molecule has 1 atom stereocenters. The molecule has 0 unspecified atom stereocenters. The van der Waals surface area contributed by atoms with Crippen molar-refractivity contribution in [3.8, 4) is 0 Å². The van der Waals surface area contributed by atoms with Crippen LogP contribution in [0, 0.1) is 0 Å². The summed E-state index contributed by atoms with van der Waals surface area (Å²) >= 11 is 0. The first-order valence-corrected chi connectivity index (χ1v) is 9.31. The van der Waals surface area contributed by atoms with E-state index in [0.717, 1.165) is 52.1 Å². The fourth-order valence-corrected chi connectivity index (χ4v) is 1.85. The van der Waals surface area contributed by atoms with Crippen LogP contribution in [-0.4, -0.2) is 68.9 Å². The molecular formula is C16H40N8O2. The Morgan fingerprint density at radius 2 is 1.35 bits per heavy atom. The minimum Gasteiger partial charge on any atom is -0.480 e. The molecule has 0 aliphatic carbocycles. The minimum atomic E-state index is -1.00. The summed E-state index contributed by atoms with van der Waals surface area (Å²) in [6.07, 6.45) is 5.58. The summed E-state index contributed by atoms with van der Waals surface area (Å²) in [5, 5.41) is 15.1. The van der Waals surface area contributed by atoms with Crippen LogP contribution in [0.4, 0.5) is 0 Å². The van der Waals surface area contributed by atoms with E-state index in [1.165, 1.54) is 12.8 Å². The number of aliphatic carboxylic acids is 1. The van der Waals surface area contributed by atoms with E-state index < -0.39 is 12.0 Å². The summed E-state index contributed by atoms with van der Waals surface area (Å²) < 4.78 is 0. The van der Waals surface area contributed by atoms with E-state index in [9.17, 15) is 4.79 Å².